The molecule has 1 unspecified atom stereocenters. The highest BCUT2D eigenvalue weighted by Crippen LogP contribution is 2.41. The second-order valence-corrected chi connectivity index (χ2v) is 6.63. The van der Waals surface area contributed by atoms with Gasteiger partial charge < -0.3 is 14.6 Å². The minimum atomic E-state index is 0.221. The maximum atomic E-state index is 5.39. The summed E-state index contributed by atoms with van der Waals surface area (Å²) in [5.41, 5.74) is 0.471. The molecule has 1 fully saturated rings. The standard InChI is InChI=1S/C15H27N3O2/c1-15(2)7-5-11(6-8-15)14-17-13(20-18-14)9-12(16-3)10-19-4/h11-12,16H,5-10H2,1-4H3. The number of hydrogen-bond acceptors (Lipinski definition) is 5. The third-order valence-corrected chi connectivity index (χ3v) is 4.39. The summed E-state index contributed by atoms with van der Waals surface area (Å²) >= 11 is 0. The molecule has 0 aliphatic heterocycles. The van der Waals surface area contributed by atoms with Crippen molar-refractivity contribution in [3.63, 3.8) is 0 Å². The van der Waals surface area contributed by atoms with E-state index in [0.717, 1.165) is 12.2 Å². The van der Waals surface area contributed by atoms with Crippen LogP contribution in [0.2, 0.25) is 0 Å². The molecule has 1 heterocycles. The number of likely N-dealkylation sites (N-methyl/N-ethyl adjacent to an activating group) is 1. The van der Waals surface area contributed by atoms with Crippen molar-refractivity contribution in [3.05, 3.63) is 11.7 Å². The van der Waals surface area contributed by atoms with E-state index in [1.165, 1.54) is 25.7 Å². The van der Waals surface area contributed by atoms with Gasteiger partial charge in [0.05, 0.1) is 6.61 Å². The van der Waals surface area contributed by atoms with Gasteiger partial charge in [-0.1, -0.05) is 19.0 Å². The molecule has 0 amide bonds. The molecule has 1 aromatic heterocycles. The third-order valence-electron chi connectivity index (χ3n) is 4.39. The van der Waals surface area contributed by atoms with E-state index >= 15 is 0 Å². The van der Waals surface area contributed by atoms with Crippen LogP contribution >= 0.6 is 0 Å². The molecular formula is C15H27N3O2. The Labute approximate surface area is 121 Å². The van der Waals surface area contributed by atoms with Crippen LogP contribution in [0, 0.1) is 5.41 Å². The lowest BCUT2D eigenvalue weighted by Gasteiger charge is -2.32. The van der Waals surface area contributed by atoms with Crippen LogP contribution in [0.15, 0.2) is 4.52 Å². The van der Waals surface area contributed by atoms with Crippen molar-refractivity contribution in [1.82, 2.24) is 15.5 Å². The molecule has 1 aliphatic rings. The van der Waals surface area contributed by atoms with Gasteiger partial charge in [0, 0.05) is 25.5 Å². The number of methoxy groups -OCH3 is 1. The van der Waals surface area contributed by atoms with Gasteiger partial charge in [0.2, 0.25) is 5.89 Å². The molecule has 1 atom stereocenters. The molecule has 5 nitrogen and oxygen atoms in total. The molecular weight excluding hydrogens is 254 g/mol. The van der Waals surface area contributed by atoms with Crippen LogP contribution in [0.4, 0.5) is 0 Å². The fourth-order valence-electron chi connectivity index (χ4n) is 2.83. The summed E-state index contributed by atoms with van der Waals surface area (Å²) in [6.45, 7) is 5.33. The van der Waals surface area contributed by atoms with Gasteiger partial charge in [-0.25, -0.2) is 0 Å². The number of aromatic nitrogens is 2. The monoisotopic (exact) mass is 281 g/mol. The van der Waals surface area contributed by atoms with E-state index in [0.29, 0.717) is 23.8 Å². The van der Waals surface area contributed by atoms with E-state index in [9.17, 15) is 0 Å². The summed E-state index contributed by atoms with van der Waals surface area (Å²) in [6, 6.07) is 0.221. The Morgan fingerprint density at radius 3 is 2.70 bits per heavy atom. The van der Waals surface area contributed by atoms with Crippen molar-refractivity contribution in [2.75, 3.05) is 20.8 Å². The zero-order chi connectivity index (χ0) is 14.6. The average molecular weight is 281 g/mol. The van der Waals surface area contributed by atoms with Crippen LogP contribution in [0.1, 0.15) is 57.2 Å². The predicted molar refractivity (Wildman–Crippen MR) is 77.7 cm³/mol. The first-order valence-electron chi connectivity index (χ1n) is 7.53. The Morgan fingerprint density at radius 2 is 2.10 bits per heavy atom. The fourth-order valence-corrected chi connectivity index (χ4v) is 2.83. The summed E-state index contributed by atoms with van der Waals surface area (Å²) in [5, 5.41) is 7.38. The SMILES string of the molecule is CNC(COC)Cc1nc(C2CCC(C)(C)CC2)no1. The van der Waals surface area contributed by atoms with Gasteiger partial charge in [0.15, 0.2) is 5.82 Å². The van der Waals surface area contributed by atoms with Crippen LogP contribution in [0.5, 0.6) is 0 Å². The lowest BCUT2D eigenvalue weighted by Crippen LogP contribution is -2.32. The summed E-state index contributed by atoms with van der Waals surface area (Å²) in [5.74, 6) is 2.07. The Bertz CT molecular complexity index is 407. The van der Waals surface area contributed by atoms with Crippen molar-refractivity contribution in [1.29, 1.82) is 0 Å². The summed E-state index contributed by atoms with van der Waals surface area (Å²) in [6.07, 6.45) is 5.53. The summed E-state index contributed by atoms with van der Waals surface area (Å²) < 4.78 is 10.6. The average Bonchev–Trinajstić information content (AvgIpc) is 2.86. The van der Waals surface area contributed by atoms with Crippen LogP contribution in [0.25, 0.3) is 0 Å². The highest BCUT2D eigenvalue weighted by Gasteiger charge is 2.30. The van der Waals surface area contributed by atoms with Gasteiger partial charge in [-0.05, 0) is 38.1 Å². The molecule has 1 saturated carbocycles. The number of rotatable bonds is 6. The van der Waals surface area contributed by atoms with Gasteiger partial charge >= 0.3 is 0 Å². The van der Waals surface area contributed by atoms with Crippen molar-refractivity contribution >= 4 is 0 Å². The first-order valence-corrected chi connectivity index (χ1v) is 7.53. The van der Waals surface area contributed by atoms with Gasteiger partial charge in [-0.2, -0.15) is 4.98 Å². The molecule has 0 spiro atoms. The summed E-state index contributed by atoms with van der Waals surface area (Å²) in [7, 11) is 3.62. The topological polar surface area (TPSA) is 60.2 Å². The second kappa shape index (κ2) is 6.68. The molecule has 0 bridgehead atoms. The van der Waals surface area contributed by atoms with Gasteiger partial charge in [0.1, 0.15) is 0 Å². The van der Waals surface area contributed by atoms with Gasteiger partial charge in [-0.15, -0.1) is 0 Å². The number of nitrogens with zero attached hydrogens (tertiary/aromatic N) is 2. The van der Waals surface area contributed by atoms with Crippen molar-refractivity contribution < 1.29 is 9.26 Å². The quantitative estimate of drug-likeness (QED) is 0.868. The Balaban J connectivity index is 1.92. The molecule has 1 N–H and O–H groups in total. The number of ether oxygens (including phenoxy) is 1. The predicted octanol–water partition coefficient (Wildman–Crippen LogP) is 2.53. The first-order chi connectivity index (χ1) is 9.54. The van der Waals surface area contributed by atoms with E-state index in [2.05, 4.69) is 29.3 Å². The Morgan fingerprint density at radius 1 is 1.40 bits per heavy atom. The highest BCUT2D eigenvalue weighted by molar-refractivity contribution is 4.99. The van der Waals surface area contributed by atoms with E-state index in [1.807, 2.05) is 7.05 Å². The Hall–Kier alpha value is -0.940. The third kappa shape index (κ3) is 4.03. The molecule has 5 heteroatoms. The van der Waals surface area contributed by atoms with E-state index in [4.69, 9.17) is 9.26 Å². The first kappa shape index (κ1) is 15.4. The lowest BCUT2D eigenvalue weighted by atomic mass is 9.73. The lowest BCUT2D eigenvalue weighted by molar-refractivity contribution is 0.165. The minimum Gasteiger partial charge on any atom is -0.383 e. The van der Waals surface area contributed by atoms with Crippen molar-refractivity contribution in [2.45, 2.75) is 57.9 Å². The molecule has 2 rings (SSSR count). The maximum Gasteiger partial charge on any atom is 0.228 e. The highest BCUT2D eigenvalue weighted by atomic mass is 16.5. The van der Waals surface area contributed by atoms with E-state index in [1.54, 1.807) is 7.11 Å². The van der Waals surface area contributed by atoms with Crippen molar-refractivity contribution in [2.24, 2.45) is 5.41 Å². The maximum absolute atomic E-state index is 5.39. The van der Waals surface area contributed by atoms with Crippen LogP contribution in [-0.4, -0.2) is 36.9 Å². The number of hydrogen-bond donors (Lipinski definition) is 1. The second-order valence-electron chi connectivity index (χ2n) is 6.63. The zero-order valence-electron chi connectivity index (χ0n) is 13.1. The van der Waals surface area contributed by atoms with Crippen molar-refractivity contribution in [3.8, 4) is 0 Å². The molecule has 0 radical (unpaired) electrons. The Kier molecular flexibility index (Phi) is 5.16. The van der Waals surface area contributed by atoms with Crippen LogP contribution in [-0.2, 0) is 11.2 Å². The van der Waals surface area contributed by atoms with Gasteiger partial charge in [0.25, 0.3) is 0 Å². The fraction of sp³-hybridized carbons (Fsp3) is 0.867. The summed E-state index contributed by atoms with van der Waals surface area (Å²) in [4.78, 5) is 4.58. The van der Waals surface area contributed by atoms with E-state index in [-0.39, 0.29) is 6.04 Å². The van der Waals surface area contributed by atoms with Crippen LogP contribution < -0.4 is 5.32 Å². The largest absolute Gasteiger partial charge is 0.383 e. The molecule has 0 aromatic carbocycles. The molecule has 114 valence electrons. The number of nitrogens with one attached hydrogen (secondary N) is 1. The molecule has 1 aliphatic carbocycles. The normalized spacial score (nSPS) is 21.0. The zero-order valence-corrected chi connectivity index (χ0v) is 13.1. The molecule has 20 heavy (non-hydrogen) atoms. The van der Waals surface area contributed by atoms with E-state index < -0.39 is 0 Å². The van der Waals surface area contributed by atoms with Crippen LogP contribution in [0.3, 0.4) is 0 Å². The van der Waals surface area contributed by atoms with Gasteiger partial charge in [-0.3, -0.25) is 0 Å². The smallest absolute Gasteiger partial charge is 0.228 e. The minimum absolute atomic E-state index is 0.221. The molecule has 1 aromatic rings. The molecule has 0 saturated heterocycles.